The highest BCUT2D eigenvalue weighted by molar-refractivity contribution is 6.43. The van der Waals surface area contributed by atoms with Gasteiger partial charge in [-0.25, -0.2) is 10.4 Å². The molecule has 0 saturated heterocycles. The van der Waals surface area contributed by atoms with Gasteiger partial charge in [-0.3, -0.25) is 9.59 Å². The van der Waals surface area contributed by atoms with E-state index in [1.54, 1.807) is 18.3 Å². The highest BCUT2D eigenvalue weighted by atomic mass is 16.3. The lowest BCUT2D eigenvalue weighted by Crippen LogP contribution is -2.32. The Morgan fingerprint density at radius 3 is 2.67 bits per heavy atom. The van der Waals surface area contributed by atoms with Crippen LogP contribution in [0.25, 0.3) is 11.3 Å². The maximum absolute atomic E-state index is 12.0. The molecule has 106 valence electrons. The van der Waals surface area contributed by atoms with Crippen molar-refractivity contribution in [2.24, 2.45) is 5.10 Å². The van der Waals surface area contributed by atoms with E-state index in [2.05, 4.69) is 20.8 Å². The van der Waals surface area contributed by atoms with Gasteiger partial charge < -0.3 is 9.73 Å². The first-order chi connectivity index (χ1) is 10.2. The van der Waals surface area contributed by atoms with Gasteiger partial charge in [0.1, 0.15) is 5.71 Å². The van der Waals surface area contributed by atoms with E-state index in [4.69, 9.17) is 4.42 Å². The van der Waals surface area contributed by atoms with Gasteiger partial charge in [0, 0.05) is 24.1 Å². The van der Waals surface area contributed by atoms with Crippen LogP contribution in [-0.2, 0) is 9.59 Å². The molecule has 1 aliphatic rings. The number of carbonyl (C=O) groups excluding carboxylic acids is 2. The third kappa shape index (κ3) is 2.97. The molecule has 1 aromatic carbocycles. The number of rotatable bonds is 3. The van der Waals surface area contributed by atoms with Crippen LogP contribution in [0.4, 0.5) is 5.69 Å². The van der Waals surface area contributed by atoms with Crippen molar-refractivity contribution < 1.29 is 14.0 Å². The summed E-state index contributed by atoms with van der Waals surface area (Å²) in [7, 11) is 0. The number of carbonyl (C=O) groups is 2. The second-order valence-corrected chi connectivity index (χ2v) is 4.49. The predicted molar refractivity (Wildman–Crippen MR) is 75.4 cm³/mol. The Bertz CT molecular complexity index is 690. The van der Waals surface area contributed by atoms with Gasteiger partial charge in [0.05, 0.1) is 6.20 Å². The van der Waals surface area contributed by atoms with Crippen molar-refractivity contribution in [3.8, 4) is 11.3 Å². The molecular weight excluding hydrogens is 272 g/mol. The number of benzene rings is 1. The molecular formula is C14H12N4O3. The zero-order valence-electron chi connectivity index (χ0n) is 11.0. The first kappa shape index (κ1) is 13.0. The van der Waals surface area contributed by atoms with E-state index < -0.39 is 0 Å². The zero-order valence-corrected chi connectivity index (χ0v) is 11.0. The van der Waals surface area contributed by atoms with E-state index in [0.717, 1.165) is 5.56 Å². The van der Waals surface area contributed by atoms with Crippen LogP contribution in [0.1, 0.15) is 12.8 Å². The van der Waals surface area contributed by atoms with Crippen LogP contribution in [0, 0.1) is 0 Å². The van der Waals surface area contributed by atoms with Gasteiger partial charge in [0.15, 0.2) is 12.2 Å². The molecule has 0 atom stereocenters. The molecule has 0 aliphatic carbocycles. The molecule has 0 spiro atoms. The van der Waals surface area contributed by atoms with Crippen LogP contribution in [-0.4, -0.2) is 22.5 Å². The van der Waals surface area contributed by atoms with Crippen molar-refractivity contribution >= 4 is 23.2 Å². The summed E-state index contributed by atoms with van der Waals surface area (Å²) in [5.74, 6) is 0.164. The SMILES string of the molecule is O=C1CCC(C(=O)Nc2ccc(-c3cnco3)cc2)=NN1. The van der Waals surface area contributed by atoms with Gasteiger partial charge >= 0.3 is 0 Å². The quantitative estimate of drug-likeness (QED) is 0.893. The maximum Gasteiger partial charge on any atom is 0.271 e. The molecule has 0 bridgehead atoms. The average Bonchev–Trinajstić information content (AvgIpc) is 3.03. The number of nitrogens with zero attached hydrogens (tertiary/aromatic N) is 2. The van der Waals surface area contributed by atoms with Crippen LogP contribution in [0.5, 0.6) is 0 Å². The predicted octanol–water partition coefficient (Wildman–Crippen LogP) is 1.55. The molecule has 2 N–H and O–H groups in total. The van der Waals surface area contributed by atoms with Gasteiger partial charge in [-0.05, 0) is 24.3 Å². The van der Waals surface area contributed by atoms with Crippen molar-refractivity contribution in [2.45, 2.75) is 12.8 Å². The minimum atomic E-state index is -0.317. The van der Waals surface area contributed by atoms with E-state index >= 15 is 0 Å². The first-order valence-electron chi connectivity index (χ1n) is 6.38. The van der Waals surface area contributed by atoms with E-state index in [1.807, 2.05) is 12.1 Å². The van der Waals surface area contributed by atoms with Gasteiger partial charge in [-0.2, -0.15) is 5.10 Å². The van der Waals surface area contributed by atoms with Crippen molar-refractivity contribution in [3.05, 3.63) is 36.9 Å². The molecule has 2 heterocycles. The van der Waals surface area contributed by atoms with Crippen LogP contribution in [0.2, 0.25) is 0 Å². The van der Waals surface area contributed by atoms with E-state index in [9.17, 15) is 9.59 Å². The number of hydrogen-bond acceptors (Lipinski definition) is 5. The topological polar surface area (TPSA) is 96.6 Å². The van der Waals surface area contributed by atoms with Crippen molar-refractivity contribution in [1.29, 1.82) is 0 Å². The summed E-state index contributed by atoms with van der Waals surface area (Å²) in [6.45, 7) is 0. The molecule has 3 rings (SSSR count). The Morgan fingerprint density at radius 2 is 2.05 bits per heavy atom. The zero-order chi connectivity index (χ0) is 14.7. The summed E-state index contributed by atoms with van der Waals surface area (Å²) in [5.41, 5.74) is 4.12. The molecule has 0 radical (unpaired) electrons. The molecule has 7 heteroatoms. The lowest BCUT2D eigenvalue weighted by molar-refractivity contribution is -0.121. The Labute approximate surface area is 120 Å². The Balaban J connectivity index is 1.68. The standard InChI is InChI=1S/C14H12N4O3/c19-13-6-5-11(17-18-13)14(20)16-10-3-1-9(2-4-10)12-7-15-8-21-12/h1-4,7-8H,5-6H2,(H,16,20)(H,18,19). The Morgan fingerprint density at radius 1 is 1.24 bits per heavy atom. The van der Waals surface area contributed by atoms with Crippen molar-refractivity contribution in [2.75, 3.05) is 5.32 Å². The molecule has 1 aromatic heterocycles. The molecule has 1 aliphatic heterocycles. The van der Waals surface area contributed by atoms with Crippen LogP contribution in [0.3, 0.4) is 0 Å². The van der Waals surface area contributed by atoms with E-state index in [-0.39, 0.29) is 18.2 Å². The maximum atomic E-state index is 12.0. The fourth-order valence-corrected chi connectivity index (χ4v) is 1.92. The summed E-state index contributed by atoms with van der Waals surface area (Å²) < 4.78 is 5.19. The Hall–Kier alpha value is -2.96. The van der Waals surface area contributed by atoms with Crippen molar-refractivity contribution in [1.82, 2.24) is 10.4 Å². The monoisotopic (exact) mass is 284 g/mol. The summed E-state index contributed by atoms with van der Waals surface area (Å²) >= 11 is 0. The smallest absolute Gasteiger partial charge is 0.271 e. The summed E-state index contributed by atoms with van der Waals surface area (Å²) in [5, 5.41) is 6.48. The molecule has 0 fully saturated rings. The summed E-state index contributed by atoms with van der Waals surface area (Å²) in [6, 6.07) is 7.16. The van der Waals surface area contributed by atoms with Gasteiger partial charge in [-0.15, -0.1) is 0 Å². The molecule has 0 saturated carbocycles. The minimum Gasteiger partial charge on any atom is -0.444 e. The van der Waals surface area contributed by atoms with Crippen LogP contribution in [0.15, 0.2) is 46.4 Å². The molecule has 0 unspecified atom stereocenters. The molecule has 2 amide bonds. The number of oxazole rings is 1. The first-order valence-corrected chi connectivity index (χ1v) is 6.38. The average molecular weight is 284 g/mol. The lowest BCUT2D eigenvalue weighted by atomic mass is 10.1. The highest BCUT2D eigenvalue weighted by Gasteiger charge is 2.18. The molecule has 2 aromatic rings. The van der Waals surface area contributed by atoms with Crippen LogP contribution >= 0.6 is 0 Å². The molecule has 21 heavy (non-hydrogen) atoms. The number of hydrogen-bond donors (Lipinski definition) is 2. The fraction of sp³-hybridized carbons (Fsp3) is 0.143. The van der Waals surface area contributed by atoms with E-state index in [0.29, 0.717) is 23.6 Å². The third-order valence-electron chi connectivity index (χ3n) is 3.03. The fourth-order valence-electron chi connectivity index (χ4n) is 1.92. The van der Waals surface area contributed by atoms with Crippen molar-refractivity contribution in [3.63, 3.8) is 0 Å². The number of nitrogens with one attached hydrogen (secondary N) is 2. The number of aromatic nitrogens is 1. The van der Waals surface area contributed by atoms with Crippen LogP contribution < -0.4 is 10.7 Å². The number of amides is 2. The summed E-state index contributed by atoms with van der Waals surface area (Å²) in [6.07, 6.45) is 3.60. The summed E-state index contributed by atoms with van der Waals surface area (Å²) in [4.78, 5) is 26.8. The normalized spacial score (nSPS) is 14.3. The highest BCUT2D eigenvalue weighted by Crippen LogP contribution is 2.20. The third-order valence-corrected chi connectivity index (χ3v) is 3.03. The number of anilines is 1. The van der Waals surface area contributed by atoms with Gasteiger partial charge in [0.25, 0.3) is 5.91 Å². The number of hydrazone groups is 1. The Kier molecular flexibility index (Phi) is 3.46. The minimum absolute atomic E-state index is 0.178. The van der Waals surface area contributed by atoms with Gasteiger partial charge in [-0.1, -0.05) is 0 Å². The van der Waals surface area contributed by atoms with E-state index in [1.165, 1.54) is 6.39 Å². The largest absolute Gasteiger partial charge is 0.444 e. The van der Waals surface area contributed by atoms with Gasteiger partial charge in [0.2, 0.25) is 5.91 Å². The lowest BCUT2D eigenvalue weighted by Gasteiger charge is -2.12. The second kappa shape index (κ2) is 5.58. The molecule has 7 nitrogen and oxygen atoms in total. The second-order valence-electron chi connectivity index (χ2n) is 4.49.